The van der Waals surface area contributed by atoms with Crippen LogP contribution in [0.1, 0.15) is 18.4 Å². The summed E-state index contributed by atoms with van der Waals surface area (Å²) in [6, 6.07) is 5.41. The molecule has 0 aromatic carbocycles. The van der Waals surface area contributed by atoms with Gasteiger partial charge < -0.3 is 4.90 Å². The average molecular weight is 258 g/mol. The van der Waals surface area contributed by atoms with Crippen molar-refractivity contribution < 1.29 is 4.79 Å². The quantitative estimate of drug-likeness (QED) is 0.801. The molecule has 0 bridgehead atoms. The van der Waals surface area contributed by atoms with E-state index in [-0.39, 0.29) is 11.8 Å². The molecule has 0 unspecified atom stereocenters. The van der Waals surface area contributed by atoms with Crippen LogP contribution in [0.3, 0.4) is 0 Å². The number of pyridine rings is 1. The van der Waals surface area contributed by atoms with Crippen LogP contribution < -0.4 is 4.90 Å². The summed E-state index contributed by atoms with van der Waals surface area (Å²) >= 11 is 0. The molecule has 0 N–H and O–H groups in total. The molecule has 1 aliphatic heterocycles. The van der Waals surface area contributed by atoms with E-state index in [4.69, 9.17) is 5.26 Å². The normalized spacial score (nSPS) is 16.9. The second kappa shape index (κ2) is 5.81. The number of amides is 1. The molecular weight excluding hydrogens is 240 g/mol. The van der Waals surface area contributed by atoms with Crippen LogP contribution in [0.15, 0.2) is 18.3 Å². The van der Waals surface area contributed by atoms with Crippen molar-refractivity contribution in [3.05, 3.63) is 23.9 Å². The number of aromatic nitrogens is 1. The molecule has 2 heterocycles. The van der Waals surface area contributed by atoms with Gasteiger partial charge in [-0.25, -0.2) is 4.98 Å². The molecule has 0 saturated carbocycles. The summed E-state index contributed by atoms with van der Waals surface area (Å²) in [5.41, 5.74) is 0.504. The van der Waals surface area contributed by atoms with Gasteiger partial charge in [0.15, 0.2) is 0 Å². The number of piperidine rings is 1. The first-order valence-electron chi connectivity index (χ1n) is 6.44. The van der Waals surface area contributed by atoms with E-state index < -0.39 is 0 Å². The highest BCUT2D eigenvalue weighted by Crippen LogP contribution is 2.20. The van der Waals surface area contributed by atoms with Crippen LogP contribution >= 0.6 is 0 Å². The third-order valence-electron chi connectivity index (χ3n) is 3.62. The van der Waals surface area contributed by atoms with E-state index in [2.05, 4.69) is 16.9 Å². The van der Waals surface area contributed by atoms with Crippen LogP contribution in [0.25, 0.3) is 0 Å². The first-order chi connectivity index (χ1) is 9.11. The molecule has 1 saturated heterocycles. The average Bonchev–Trinajstić information content (AvgIpc) is 2.46. The number of rotatable bonds is 2. The predicted octanol–water partition coefficient (Wildman–Crippen LogP) is 1.26. The molecule has 1 aromatic rings. The molecule has 0 aliphatic carbocycles. The lowest BCUT2D eigenvalue weighted by Crippen LogP contribution is -2.40. The summed E-state index contributed by atoms with van der Waals surface area (Å²) in [6.07, 6.45) is 3.29. The number of hydrogen-bond acceptors (Lipinski definition) is 4. The maximum Gasteiger partial charge on any atom is 0.231 e. The first kappa shape index (κ1) is 13.5. The van der Waals surface area contributed by atoms with Gasteiger partial charge in [-0.3, -0.25) is 9.69 Å². The number of anilines is 1. The highest BCUT2D eigenvalue weighted by molar-refractivity contribution is 5.93. The van der Waals surface area contributed by atoms with E-state index in [0.29, 0.717) is 11.4 Å². The Balaban J connectivity index is 2.04. The molecule has 2 rings (SSSR count). The van der Waals surface area contributed by atoms with Crippen LogP contribution in [-0.2, 0) is 4.79 Å². The Morgan fingerprint density at radius 3 is 2.68 bits per heavy atom. The Bertz CT molecular complexity index is 483. The van der Waals surface area contributed by atoms with Crippen molar-refractivity contribution >= 4 is 11.7 Å². The maximum atomic E-state index is 12.4. The fourth-order valence-electron chi connectivity index (χ4n) is 2.29. The Labute approximate surface area is 113 Å². The summed E-state index contributed by atoms with van der Waals surface area (Å²) in [6.45, 7) is 1.93. The molecule has 0 radical (unpaired) electrons. The smallest absolute Gasteiger partial charge is 0.231 e. The molecule has 0 atom stereocenters. The van der Waals surface area contributed by atoms with Crippen molar-refractivity contribution in [1.29, 1.82) is 5.26 Å². The minimum atomic E-state index is 0.0821. The minimum Gasteiger partial charge on any atom is -0.306 e. The van der Waals surface area contributed by atoms with Gasteiger partial charge in [0.2, 0.25) is 5.91 Å². The minimum absolute atomic E-state index is 0.0821. The first-order valence-corrected chi connectivity index (χ1v) is 6.44. The van der Waals surface area contributed by atoms with Crippen molar-refractivity contribution in [3.8, 4) is 6.07 Å². The fraction of sp³-hybridized carbons (Fsp3) is 0.500. The van der Waals surface area contributed by atoms with Crippen molar-refractivity contribution in [2.75, 3.05) is 32.1 Å². The topological polar surface area (TPSA) is 60.2 Å². The standard InChI is InChI=1S/C14H18N4O/c1-17-7-5-12(6-8-17)14(19)18(2)13-4-3-11(9-15)10-16-13/h3-4,10,12H,5-8H2,1-2H3. The molecule has 1 aromatic heterocycles. The Morgan fingerprint density at radius 2 is 2.16 bits per heavy atom. The molecule has 1 amide bonds. The van der Waals surface area contributed by atoms with E-state index >= 15 is 0 Å². The SMILES string of the molecule is CN1CCC(C(=O)N(C)c2ccc(C#N)cn2)CC1. The van der Waals surface area contributed by atoms with Crippen LogP contribution in [0, 0.1) is 17.2 Å². The van der Waals surface area contributed by atoms with Gasteiger partial charge in [0, 0.05) is 19.2 Å². The summed E-state index contributed by atoms with van der Waals surface area (Å²) < 4.78 is 0. The number of carbonyl (C=O) groups is 1. The van der Waals surface area contributed by atoms with Crippen molar-refractivity contribution in [2.45, 2.75) is 12.8 Å². The van der Waals surface area contributed by atoms with Crippen LogP contribution in [-0.4, -0.2) is 43.0 Å². The molecule has 5 nitrogen and oxygen atoms in total. The van der Waals surface area contributed by atoms with E-state index in [1.807, 2.05) is 6.07 Å². The Morgan fingerprint density at radius 1 is 1.47 bits per heavy atom. The lowest BCUT2D eigenvalue weighted by molar-refractivity contribution is -0.123. The third kappa shape index (κ3) is 3.09. The summed E-state index contributed by atoms with van der Waals surface area (Å²) in [5.74, 6) is 0.798. The van der Waals surface area contributed by atoms with E-state index in [1.165, 1.54) is 6.20 Å². The molecule has 0 spiro atoms. The summed E-state index contributed by atoms with van der Waals surface area (Å²) in [7, 11) is 3.82. The van der Waals surface area contributed by atoms with E-state index in [9.17, 15) is 4.79 Å². The number of nitrogens with zero attached hydrogens (tertiary/aromatic N) is 4. The van der Waals surface area contributed by atoms with Gasteiger partial charge in [0.05, 0.1) is 5.56 Å². The van der Waals surface area contributed by atoms with Crippen molar-refractivity contribution in [2.24, 2.45) is 5.92 Å². The molecule has 1 fully saturated rings. The molecular formula is C14H18N4O. The van der Waals surface area contributed by atoms with E-state index in [1.54, 1.807) is 24.1 Å². The second-order valence-electron chi connectivity index (χ2n) is 4.99. The van der Waals surface area contributed by atoms with Gasteiger partial charge in [0.25, 0.3) is 0 Å². The monoisotopic (exact) mass is 258 g/mol. The van der Waals surface area contributed by atoms with Crippen molar-refractivity contribution in [1.82, 2.24) is 9.88 Å². The van der Waals surface area contributed by atoms with Crippen LogP contribution in [0.2, 0.25) is 0 Å². The Kier molecular flexibility index (Phi) is 4.13. The van der Waals surface area contributed by atoms with Crippen LogP contribution in [0.4, 0.5) is 5.82 Å². The Hall–Kier alpha value is -1.93. The van der Waals surface area contributed by atoms with Gasteiger partial charge in [-0.1, -0.05) is 0 Å². The van der Waals surface area contributed by atoms with Gasteiger partial charge in [-0.2, -0.15) is 5.26 Å². The number of likely N-dealkylation sites (tertiary alicyclic amines) is 1. The third-order valence-corrected chi connectivity index (χ3v) is 3.62. The highest BCUT2D eigenvalue weighted by Gasteiger charge is 2.26. The van der Waals surface area contributed by atoms with E-state index in [0.717, 1.165) is 25.9 Å². The lowest BCUT2D eigenvalue weighted by Gasteiger charge is -2.30. The van der Waals surface area contributed by atoms with Gasteiger partial charge in [-0.05, 0) is 45.1 Å². The summed E-state index contributed by atoms with van der Waals surface area (Å²) in [5, 5.41) is 8.73. The highest BCUT2D eigenvalue weighted by atomic mass is 16.2. The number of nitriles is 1. The zero-order valence-electron chi connectivity index (χ0n) is 11.3. The molecule has 1 aliphatic rings. The molecule has 100 valence electrons. The molecule has 5 heteroatoms. The zero-order valence-corrected chi connectivity index (χ0v) is 11.3. The zero-order chi connectivity index (χ0) is 13.8. The fourth-order valence-corrected chi connectivity index (χ4v) is 2.29. The van der Waals surface area contributed by atoms with Gasteiger partial charge in [-0.15, -0.1) is 0 Å². The predicted molar refractivity (Wildman–Crippen MR) is 72.6 cm³/mol. The van der Waals surface area contributed by atoms with Gasteiger partial charge in [0.1, 0.15) is 11.9 Å². The van der Waals surface area contributed by atoms with Crippen molar-refractivity contribution in [3.63, 3.8) is 0 Å². The number of carbonyl (C=O) groups excluding carboxylic acids is 1. The molecule has 19 heavy (non-hydrogen) atoms. The largest absolute Gasteiger partial charge is 0.306 e. The maximum absolute atomic E-state index is 12.4. The summed E-state index contributed by atoms with van der Waals surface area (Å²) in [4.78, 5) is 20.3. The number of hydrogen-bond donors (Lipinski definition) is 0. The lowest BCUT2D eigenvalue weighted by atomic mass is 9.96. The second-order valence-corrected chi connectivity index (χ2v) is 4.99. The van der Waals surface area contributed by atoms with Gasteiger partial charge >= 0.3 is 0 Å². The van der Waals surface area contributed by atoms with Crippen LogP contribution in [0.5, 0.6) is 0 Å².